The third-order valence-electron chi connectivity index (χ3n) is 3.60. The van der Waals surface area contributed by atoms with Crippen LogP contribution in [0.25, 0.3) is 0 Å². The third-order valence-corrected chi connectivity index (χ3v) is 4.77. The minimum absolute atomic E-state index is 0.0204. The van der Waals surface area contributed by atoms with Gasteiger partial charge in [0.15, 0.2) is 0 Å². The molecule has 0 saturated heterocycles. The van der Waals surface area contributed by atoms with Crippen LogP contribution in [0.1, 0.15) is 37.8 Å². The smallest absolute Gasteiger partial charge is 0.126 e. The first kappa shape index (κ1) is 13.8. The maximum absolute atomic E-state index is 13.2. The molecule has 0 aromatic heterocycles. The summed E-state index contributed by atoms with van der Waals surface area (Å²) in [5.74, 6) is -1.02. The van der Waals surface area contributed by atoms with Crippen LogP contribution in [-0.4, -0.2) is 17.5 Å². The van der Waals surface area contributed by atoms with Gasteiger partial charge in [-0.3, -0.25) is 0 Å². The van der Waals surface area contributed by atoms with Gasteiger partial charge in [-0.2, -0.15) is 11.8 Å². The van der Waals surface area contributed by atoms with Crippen molar-refractivity contribution >= 4 is 11.8 Å². The van der Waals surface area contributed by atoms with E-state index in [1.54, 1.807) is 0 Å². The fourth-order valence-electron chi connectivity index (χ4n) is 2.64. The van der Waals surface area contributed by atoms with Crippen molar-refractivity contribution in [3.8, 4) is 0 Å². The van der Waals surface area contributed by atoms with Crippen molar-refractivity contribution in [2.75, 3.05) is 6.26 Å². The molecule has 2 rings (SSSR count). The van der Waals surface area contributed by atoms with Crippen LogP contribution >= 0.6 is 11.8 Å². The zero-order valence-electron chi connectivity index (χ0n) is 10.7. The summed E-state index contributed by atoms with van der Waals surface area (Å²) in [5.41, 5.74) is 0.680. The maximum Gasteiger partial charge on any atom is 0.126 e. The molecule has 0 spiro atoms. The second kappa shape index (κ2) is 6.02. The Morgan fingerprint density at radius 3 is 2.50 bits per heavy atom. The van der Waals surface area contributed by atoms with E-state index in [1.165, 1.54) is 25.0 Å². The highest BCUT2D eigenvalue weighted by Gasteiger charge is 2.27. The van der Waals surface area contributed by atoms with Gasteiger partial charge in [-0.15, -0.1) is 0 Å². The molecule has 0 radical (unpaired) electrons. The lowest BCUT2D eigenvalue weighted by Gasteiger charge is -2.24. The van der Waals surface area contributed by atoms with Crippen LogP contribution in [-0.2, 0) is 0 Å². The number of rotatable bonds is 4. The van der Waals surface area contributed by atoms with Gasteiger partial charge in [0.1, 0.15) is 11.6 Å². The van der Waals surface area contributed by atoms with E-state index in [1.807, 2.05) is 18.7 Å². The highest BCUT2D eigenvalue weighted by molar-refractivity contribution is 7.99. The Labute approximate surface area is 111 Å². The van der Waals surface area contributed by atoms with Crippen molar-refractivity contribution in [1.82, 2.24) is 5.32 Å². The van der Waals surface area contributed by atoms with Crippen LogP contribution < -0.4 is 5.32 Å². The van der Waals surface area contributed by atoms with Crippen molar-refractivity contribution in [2.24, 2.45) is 0 Å². The van der Waals surface area contributed by atoms with E-state index in [4.69, 9.17) is 0 Å². The number of hydrogen-bond acceptors (Lipinski definition) is 2. The third kappa shape index (κ3) is 3.23. The molecule has 1 nitrogen and oxygen atoms in total. The van der Waals surface area contributed by atoms with Gasteiger partial charge >= 0.3 is 0 Å². The highest BCUT2D eigenvalue weighted by atomic mass is 32.2. The van der Waals surface area contributed by atoms with Crippen molar-refractivity contribution in [2.45, 2.75) is 43.5 Å². The van der Waals surface area contributed by atoms with Crippen LogP contribution in [0.4, 0.5) is 8.78 Å². The molecule has 3 unspecified atom stereocenters. The van der Waals surface area contributed by atoms with Gasteiger partial charge in [0.2, 0.25) is 0 Å². The Kier molecular flexibility index (Phi) is 4.62. The molecule has 1 aromatic carbocycles. The number of benzene rings is 1. The molecule has 18 heavy (non-hydrogen) atoms. The fraction of sp³-hybridized carbons (Fsp3) is 0.571. The Morgan fingerprint density at radius 1 is 1.22 bits per heavy atom. The van der Waals surface area contributed by atoms with E-state index in [2.05, 4.69) is 11.6 Å². The summed E-state index contributed by atoms with van der Waals surface area (Å²) in [6.45, 7) is 1.96. The summed E-state index contributed by atoms with van der Waals surface area (Å²) in [4.78, 5) is 0. The van der Waals surface area contributed by atoms with Gasteiger partial charge in [0, 0.05) is 23.4 Å². The predicted molar refractivity (Wildman–Crippen MR) is 72.9 cm³/mol. The van der Waals surface area contributed by atoms with Gasteiger partial charge in [0.05, 0.1) is 0 Å². The SMILES string of the molecule is CSC1CCCC1NC(C)c1cc(F)cc(F)c1. The van der Waals surface area contributed by atoms with Crippen molar-refractivity contribution < 1.29 is 8.78 Å². The average Bonchev–Trinajstić information content (AvgIpc) is 2.75. The van der Waals surface area contributed by atoms with E-state index in [9.17, 15) is 8.78 Å². The molecule has 100 valence electrons. The number of nitrogens with one attached hydrogen (secondary N) is 1. The first-order valence-electron chi connectivity index (χ1n) is 6.35. The largest absolute Gasteiger partial charge is 0.306 e. The summed E-state index contributed by atoms with van der Waals surface area (Å²) in [6.07, 6.45) is 5.72. The maximum atomic E-state index is 13.2. The monoisotopic (exact) mass is 271 g/mol. The first-order valence-corrected chi connectivity index (χ1v) is 7.64. The minimum Gasteiger partial charge on any atom is -0.306 e. The van der Waals surface area contributed by atoms with Gasteiger partial charge in [-0.25, -0.2) is 8.78 Å². The Morgan fingerprint density at radius 2 is 1.89 bits per heavy atom. The molecule has 0 bridgehead atoms. The van der Waals surface area contributed by atoms with Gasteiger partial charge in [0.25, 0.3) is 0 Å². The normalized spacial score (nSPS) is 25.3. The van der Waals surface area contributed by atoms with Crippen molar-refractivity contribution in [3.63, 3.8) is 0 Å². The zero-order valence-corrected chi connectivity index (χ0v) is 11.6. The second-order valence-electron chi connectivity index (χ2n) is 4.90. The Hall–Kier alpha value is -0.610. The van der Waals surface area contributed by atoms with Crippen LogP contribution in [0.5, 0.6) is 0 Å². The summed E-state index contributed by atoms with van der Waals surface area (Å²) in [6, 6.07) is 4.15. The van der Waals surface area contributed by atoms with E-state index < -0.39 is 11.6 Å². The second-order valence-corrected chi connectivity index (χ2v) is 5.98. The molecule has 1 N–H and O–H groups in total. The molecule has 1 aliphatic carbocycles. The molecule has 3 atom stereocenters. The molecule has 1 fully saturated rings. The minimum atomic E-state index is -0.508. The summed E-state index contributed by atoms with van der Waals surface area (Å²) < 4.78 is 26.3. The quantitative estimate of drug-likeness (QED) is 0.891. The number of thioether (sulfide) groups is 1. The first-order chi connectivity index (χ1) is 8.60. The predicted octanol–water partition coefficient (Wildman–Crippen LogP) is 3.90. The van der Waals surface area contributed by atoms with Gasteiger partial charge in [-0.1, -0.05) is 6.42 Å². The van der Waals surface area contributed by atoms with E-state index >= 15 is 0 Å². The van der Waals surface area contributed by atoms with Gasteiger partial charge in [-0.05, 0) is 43.7 Å². The Bertz CT molecular complexity index is 391. The standard InChI is InChI=1S/C14H19F2NS/c1-9(10-6-11(15)8-12(16)7-10)17-13-4-3-5-14(13)18-2/h6-9,13-14,17H,3-5H2,1-2H3. The molecule has 0 amide bonds. The van der Waals surface area contributed by atoms with E-state index in [0.717, 1.165) is 12.5 Å². The van der Waals surface area contributed by atoms with E-state index in [0.29, 0.717) is 16.9 Å². The number of halogens is 2. The molecule has 1 aromatic rings. The number of hydrogen-bond donors (Lipinski definition) is 1. The van der Waals surface area contributed by atoms with Crippen LogP contribution in [0, 0.1) is 11.6 Å². The lowest BCUT2D eigenvalue weighted by atomic mass is 10.1. The Balaban J connectivity index is 2.04. The molecular formula is C14H19F2NS. The zero-order chi connectivity index (χ0) is 13.1. The molecular weight excluding hydrogens is 252 g/mol. The molecule has 4 heteroatoms. The fourth-order valence-corrected chi connectivity index (χ4v) is 3.59. The van der Waals surface area contributed by atoms with E-state index in [-0.39, 0.29) is 6.04 Å². The summed E-state index contributed by atoms with van der Waals surface area (Å²) in [5, 5.41) is 4.11. The van der Waals surface area contributed by atoms with Crippen LogP contribution in [0.3, 0.4) is 0 Å². The van der Waals surface area contributed by atoms with Gasteiger partial charge < -0.3 is 5.32 Å². The topological polar surface area (TPSA) is 12.0 Å². The highest BCUT2D eigenvalue weighted by Crippen LogP contribution is 2.30. The molecule has 0 heterocycles. The molecule has 0 aliphatic heterocycles. The summed E-state index contributed by atoms with van der Waals surface area (Å²) >= 11 is 1.87. The van der Waals surface area contributed by atoms with Crippen molar-refractivity contribution in [3.05, 3.63) is 35.4 Å². The molecule has 1 saturated carbocycles. The van der Waals surface area contributed by atoms with Crippen LogP contribution in [0.2, 0.25) is 0 Å². The average molecular weight is 271 g/mol. The molecule has 1 aliphatic rings. The van der Waals surface area contributed by atoms with Crippen LogP contribution in [0.15, 0.2) is 18.2 Å². The lowest BCUT2D eigenvalue weighted by molar-refractivity contribution is 0.463. The van der Waals surface area contributed by atoms with Crippen molar-refractivity contribution in [1.29, 1.82) is 0 Å². The summed E-state index contributed by atoms with van der Waals surface area (Å²) in [7, 11) is 0. The lowest BCUT2D eigenvalue weighted by Crippen LogP contribution is -2.35.